The molecule has 5 nitrogen and oxygen atoms in total. The SMILES string of the molecule is CCc1c(N)nnn1Cc1csc(C(C)C)n1. The average Bonchev–Trinajstić information content (AvgIpc) is 2.87. The summed E-state index contributed by atoms with van der Waals surface area (Å²) in [6, 6.07) is 0. The smallest absolute Gasteiger partial charge is 0.169 e. The average molecular weight is 251 g/mol. The summed E-state index contributed by atoms with van der Waals surface area (Å²) < 4.78 is 1.83. The first-order valence-electron chi connectivity index (χ1n) is 5.74. The van der Waals surface area contributed by atoms with Crippen LogP contribution >= 0.6 is 11.3 Å². The Bertz CT molecular complexity index is 500. The minimum atomic E-state index is 0.472. The largest absolute Gasteiger partial charge is 0.381 e. The Kier molecular flexibility index (Phi) is 3.42. The van der Waals surface area contributed by atoms with Crippen molar-refractivity contribution in [2.45, 2.75) is 39.7 Å². The lowest BCUT2D eigenvalue weighted by atomic mass is 10.2. The third kappa shape index (κ3) is 2.46. The molecule has 0 aliphatic heterocycles. The van der Waals surface area contributed by atoms with Crippen molar-refractivity contribution >= 4 is 17.2 Å². The fourth-order valence-electron chi connectivity index (χ4n) is 1.65. The van der Waals surface area contributed by atoms with E-state index >= 15 is 0 Å². The molecule has 17 heavy (non-hydrogen) atoms. The molecule has 2 heterocycles. The van der Waals surface area contributed by atoms with Gasteiger partial charge in [-0.25, -0.2) is 9.67 Å². The highest BCUT2D eigenvalue weighted by molar-refractivity contribution is 7.09. The second kappa shape index (κ2) is 4.83. The van der Waals surface area contributed by atoms with Crippen molar-refractivity contribution in [3.05, 3.63) is 21.8 Å². The maximum atomic E-state index is 5.75. The maximum absolute atomic E-state index is 5.75. The molecule has 2 aromatic rings. The van der Waals surface area contributed by atoms with Crippen LogP contribution in [0.3, 0.4) is 0 Å². The first-order chi connectivity index (χ1) is 8.11. The molecule has 92 valence electrons. The molecule has 0 aromatic carbocycles. The molecule has 6 heteroatoms. The molecule has 2 rings (SSSR count). The zero-order valence-corrected chi connectivity index (χ0v) is 11.2. The standard InChI is InChI=1S/C11H17N5S/c1-4-9-10(12)14-15-16(9)5-8-6-17-11(13-8)7(2)3/h6-7H,4-5,12H2,1-3H3. The Morgan fingerprint density at radius 1 is 1.47 bits per heavy atom. The van der Waals surface area contributed by atoms with Crippen LogP contribution in [0.15, 0.2) is 5.38 Å². The second-order valence-corrected chi connectivity index (χ2v) is 5.15. The molecular weight excluding hydrogens is 234 g/mol. The summed E-state index contributed by atoms with van der Waals surface area (Å²) in [7, 11) is 0. The number of hydrogen-bond donors (Lipinski definition) is 1. The Morgan fingerprint density at radius 2 is 2.24 bits per heavy atom. The van der Waals surface area contributed by atoms with Gasteiger partial charge in [0.25, 0.3) is 0 Å². The Morgan fingerprint density at radius 3 is 2.82 bits per heavy atom. The summed E-state index contributed by atoms with van der Waals surface area (Å²) in [5.74, 6) is 0.993. The lowest BCUT2D eigenvalue weighted by Crippen LogP contribution is -2.07. The first-order valence-corrected chi connectivity index (χ1v) is 6.62. The Labute approximate surface area is 105 Å². The minimum absolute atomic E-state index is 0.472. The van der Waals surface area contributed by atoms with Gasteiger partial charge in [-0.1, -0.05) is 26.0 Å². The predicted molar refractivity (Wildman–Crippen MR) is 69.1 cm³/mol. The van der Waals surface area contributed by atoms with E-state index in [9.17, 15) is 0 Å². The van der Waals surface area contributed by atoms with Crippen molar-refractivity contribution in [2.24, 2.45) is 0 Å². The van der Waals surface area contributed by atoms with Crippen molar-refractivity contribution < 1.29 is 0 Å². The molecular formula is C11H17N5S. The van der Waals surface area contributed by atoms with Crippen LogP contribution in [-0.2, 0) is 13.0 Å². The van der Waals surface area contributed by atoms with Crippen LogP contribution in [0.5, 0.6) is 0 Å². The van der Waals surface area contributed by atoms with Gasteiger partial charge in [0, 0.05) is 11.3 Å². The summed E-state index contributed by atoms with van der Waals surface area (Å²) in [5, 5.41) is 11.2. The zero-order valence-electron chi connectivity index (χ0n) is 10.3. The number of thiazole rings is 1. The molecule has 0 atom stereocenters. The van der Waals surface area contributed by atoms with Crippen LogP contribution in [0, 0.1) is 0 Å². The first kappa shape index (κ1) is 12.0. The Balaban J connectivity index is 2.19. The second-order valence-electron chi connectivity index (χ2n) is 4.26. The highest BCUT2D eigenvalue weighted by atomic mass is 32.1. The monoisotopic (exact) mass is 251 g/mol. The molecule has 2 aromatic heterocycles. The van der Waals surface area contributed by atoms with Gasteiger partial charge in [0.1, 0.15) is 0 Å². The van der Waals surface area contributed by atoms with Gasteiger partial charge in [-0.05, 0) is 6.42 Å². The van der Waals surface area contributed by atoms with Crippen LogP contribution in [0.2, 0.25) is 0 Å². The minimum Gasteiger partial charge on any atom is -0.381 e. The molecule has 0 saturated carbocycles. The molecule has 0 fully saturated rings. The van der Waals surface area contributed by atoms with E-state index in [1.807, 2.05) is 11.6 Å². The van der Waals surface area contributed by atoms with Crippen LogP contribution < -0.4 is 5.73 Å². The number of rotatable bonds is 4. The van der Waals surface area contributed by atoms with Crippen molar-refractivity contribution in [1.29, 1.82) is 0 Å². The van der Waals surface area contributed by atoms with Crippen molar-refractivity contribution in [3.63, 3.8) is 0 Å². The van der Waals surface area contributed by atoms with Gasteiger partial charge in [-0.2, -0.15) is 0 Å². The molecule has 2 N–H and O–H groups in total. The van der Waals surface area contributed by atoms with Crippen molar-refractivity contribution in [2.75, 3.05) is 5.73 Å². The maximum Gasteiger partial charge on any atom is 0.169 e. The van der Waals surface area contributed by atoms with Gasteiger partial charge in [0.15, 0.2) is 5.82 Å². The summed E-state index contributed by atoms with van der Waals surface area (Å²) in [6.45, 7) is 6.99. The zero-order chi connectivity index (χ0) is 12.4. The van der Waals surface area contributed by atoms with Gasteiger partial charge in [0.2, 0.25) is 0 Å². The molecule has 0 saturated heterocycles. The van der Waals surface area contributed by atoms with Gasteiger partial charge < -0.3 is 5.73 Å². The predicted octanol–water partition coefficient (Wildman–Crippen LogP) is 2.05. The number of aromatic nitrogens is 4. The van der Waals surface area contributed by atoms with Crippen LogP contribution in [-0.4, -0.2) is 20.0 Å². The summed E-state index contributed by atoms with van der Waals surface area (Å²) >= 11 is 1.69. The molecule has 0 spiro atoms. The highest BCUT2D eigenvalue weighted by Gasteiger charge is 2.11. The third-order valence-corrected chi connectivity index (χ3v) is 3.77. The topological polar surface area (TPSA) is 69.6 Å². The van der Waals surface area contributed by atoms with Gasteiger partial charge in [-0.15, -0.1) is 16.4 Å². The lowest BCUT2D eigenvalue weighted by molar-refractivity contribution is 0.612. The molecule has 0 aliphatic rings. The van der Waals surface area contributed by atoms with E-state index in [4.69, 9.17) is 5.73 Å². The molecule has 0 unspecified atom stereocenters. The van der Waals surface area contributed by atoms with Crippen molar-refractivity contribution in [1.82, 2.24) is 20.0 Å². The summed E-state index contributed by atoms with van der Waals surface area (Å²) in [6.07, 6.45) is 0.833. The quantitative estimate of drug-likeness (QED) is 0.903. The number of hydrogen-bond acceptors (Lipinski definition) is 5. The van der Waals surface area contributed by atoms with E-state index in [-0.39, 0.29) is 0 Å². The van der Waals surface area contributed by atoms with Crippen LogP contribution in [0.25, 0.3) is 0 Å². The number of anilines is 1. The number of nitrogens with zero attached hydrogens (tertiary/aromatic N) is 4. The fraction of sp³-hybridized carbons (Fsp3) is 0.545. The fourth-order valence-corrected chi connectivity index (χ4v) is 2.48. The number of nitrogens with two attached hydrogens (primary N) is 1. The third-order valence-electron chi connectivity index (χ3n) is 2.58. The summed E-state index contributed by atoms with van der Waals surface area (Å²) in [5.41, 5.74) is 7.75. The van der Waals surface area contributed by atoms with Gasteiger partial charge in [0.05, 0.1) is 22.9 Å². The lowest BCUT2D eigenvalue weighted by Gasteiger charge is -2.02. The van der Waals surface area contributed by atoms with Gasteiger partial charge in [-0.3, -0.25) is 0 Å². The van der Waals surface area contributed by atoms with E-state index in [1.165, 1.54) is 0 Å². The molecule has 0 radical (unpaired) electrons. The summed E-state index contributed by atoms with van der Waals surface area (Å²) in [4.78, 5) is 4.58. The normalized spacial score (nSPS) is 11.3. The molecule has 0 bridgehead atoms. The number of nitrogen functional groups attached to an aromatic ring is 1. The van der Waals surface area contributed by atoms with Crippen LogP contribution in [0.4, 0.5) is 5.82 Å². The van der Waals surface area contributed by atoms with Crippen molar-refractivity contribution in [3.8, 4) is 0 Å². The molecule has 0 aliphatic carbocycles. The van der Waals surface area contributed by atoms with E-state index in [1.54, 1.807) is 11.3 Å². The van der Waals surface area contributed by atoms with Gasteiger partial charge >= 0.3 is 0 Å². The van der Waals surface area contributed by atoms with E-state index in [0.29, 0.717) is 18.3 Å². The van der Waals surface area contributed by atoms with Crippen LogP contribution in [0.1, 0.15) is 43.1 Å². The van der Waals surface area contributed by atoms with E-state index in [2.05, 4.69) is 34.5 Å². The van der Waals surface area contributed by atoms with E-state index in [0.717, 1.165) is 22.8 Å². The van der Waals surface area contributed by atoms with E-state index < -0.39 is 0 Å². The Hall–Kier alpha value is -1.43. The highest BCUT2D eigenvalue weighted by Crippen LogP contribution is 2.20. The molecule has 0 amide bonds.